The van der Waals surface area contributed by atoms with Gasteiger partial charge in [-0.15, -0.1) is 12.4 Å². The van der Waals surface area contributed by atoms with Crippen molar-refractivity contribution in [3.63, 3.8) is 0 Å². The van der Waals surface area contributed by atoms with E-state index in [0.29, 0.717) is 6.20 Å². The first-order chi connectivity index (χ1) is 7.34. The molecule has 0 aromatic carbocycles. The highest BCUT2D eigenvalue weighted by Gasteiger charge is 2.31. The fraction of sp³-hybridized carbons (Fsp3) is 0.444. The van der Waals surface area contributed by atoms with Crippen LogP contribution in [-0.4, -0.2) is 17.6 Å². The van der Waals surface area contributed by atoms with Crippen LogP contribution < -0.4 is 10.5 Å². The molecule has 0 amide bonds. The number of nitrogens with zero attached hydrogens (tertiary/aromatic N) is 1. The highest BCUT2D eigenvalue weighted by molar-refractivity contribution is 6.31. The summed E-state index contributed by atoms with van der Waals surface area (Å²) in [7, 11) is 0. The number of ether oxygens (including phenoxy) is 1. The molecule has 1 heterocycles. The van der Waals surface area contributed by atoms with Crippen molar-refractivity contribution < 1.29 is 17.9 Å². The summed E-state index contributed by atoms with van der Waals surface area (Å²) in [4.78, 5) is 3.50. The van der Waals surface area contributed by atoms with E-state index in [4.69, 9.17) is 22.1 Å². The molecule has 0 spiro atoms. The third-order valence-corrected chi connectivity index (χ3v) is 2.05. The molecule has 1 rings (SSSR count). The van der Waals surface area contributed by atoms with E-state index in [-0.39, 0.29) is 36.0 Å². The first kappa shape index (κ1) is 16.3. The van der Waals surface area contributed by atoms with Gasteiger partial charge in [-0.1, -0.05) is 11.6 Å². The molecule has 0 fully saturated rings. The Kier molecular flexibility index (Phi) is 6.01. The van der Waals surface area contributed by atoms with Gasteiger partial charge in [0.15, 0.2) is 0 Å². The molecule has 98 valence electrons. The van der Waals surface area contributed by atoms with Crippen LogP contribution in [-0.2, 0) is 6.18 Å². The van der Waals surface area contributed by atoms with Gasteiger partial charge in [0.1, 0.15) is 11.1 Å². The van der Waals surface area contributed by atoms with Crippen LogP contribution >= 0.6 is 24.0 Å². The number of alkyl halides is 3. The summed E-state index contributed by atoms with van der Waals surface area (Å²) in [5.74, 6) is -0.0485. The van der Waals surface area contributed by atoms with Gasteiger partial charge < -0.3 is 10.5 Å². The molecule has 0 saturated heterocycles. The summed E-state index contributed by atoms with van der Waals surface area (Å²) in [6.07, 6.45) is -4.15. The number of aromatic nitrogens is 1. The van der Waals surface area contributed by atoms with E-state index in [9.17, 15) is 13.2 Å². The Hall–Kier alpha value is -0.720. The molecule has 0 aliphatic heterocycles. The van der Waals surface area contributed by atoms with Crippen molar-refractivity contribution in [2.45, 2.75) is 19.2 Å². The Morgan fingerprint density at radius 3 is 2.53 bits per heavy atom. The third kappa shape index (κ3) is 4.57. The van der Waals surface area contributed by atoms with Crippen LogP contribution in [0.5, 0.6) is 5.88 Å². The molecular formula is C9H11Cl2F3N2O. The lowest BCUT2D eigenvalue weighted by atomic mass is 10.3. The molecular weight excluding hydrogens is 280 g/mol. The summed E-state index contributed by atoms with van der Waals surface area (Å²) in [6, 6.07) is 0.771. The summed E-state index contributed by atoms with van der Waals surface area (Å²) in [5, 5.41) is -0.185. The number of pyridine rings is 1. The van der Waals surface area contributed by atoms with Crippen LogP contribution in [0, 0.1) is 0 Å². The summed E-state index contributed by atoms with van der Waals surface area (Å²) in [5.41, 5.74) is 4.38. The molecule has 3 nitrogen and oxygen atoms in total. The predicted molar refractivity (Wildman–Crippen MR) is 60.6 cm³/mol. The second kappa shape index (κ2) is 6.28. The van der Waals surface area contributed by atoms with Crippen LogP contribution in [0.4, 0.5) is 13.2 Å². The highest BCUT2D eigenvalue weighted by Crippen LogP contribution is 2.33. The van der Waals surface area contributed by atoms with Crippen LogP contribution in [0.2, 0.25) is 5.02 Å². The number of nitrogens with two attached hydrogens (primary N) is 1. The minimum atomic E-state index is -4.46. The van der Waals surface area contributed by atoms with Crippen LogP contribution in [0.25, 0.3) is 0 Å². The maximum absolute atomic E-state index is 12.3. The standard InChI is InChI=1S/C9H10ClF3N2O.ClH/c1-5(3-14)16-8-7(10)2-6(4-15-8)9(11,12)13;/h2,4-5H,3,14H2,1H3;1H/t5-;/m0./s1. The van der Waals surface area contributed by atoms with Crippen molar-refractivity contribution in [1.29, 1.82) is 0 Å². The summed E-state index contributed by atoms with van der Waals surface area (Å²) < 4.78 is 41.9. The van der Waals surface area contributed by atoms with Crippen LogP contribution in [0.3, 0.4) is 0 Å². The van der Waals surface area contributed by atoms with E-state index in [2.05, 4.69) is 4.98 Å². The molecule has 0 saturated carbocycles. The Labute approximate surface area is 108 Å². The van der Waals surface area contributed by atoms with Crippen molar-refractivity contribution in [2.24, 2.45) is 5.73 Å². The van der Waals surface area contributed by atoms with Gasteiger partial charge in [0, 0.05) is 12.7 Å². The van der Waals surface area contributed by atoms with Gasteiger partial charge in [0.05, 0.1) is 5.56 Å². The number of hydrogen-bond acceptors (Lipinski definition) is 3. The molecule has 0 aliphatic carbocycles. The smallest absolute Gasteiger partial charge is 0.417 e. The lowest BCUT2D eigenvalue weighted by Crippen LogP contribution is -2.23. The Bertz CT molecular complexity index is 374. The molecule has 0 unspecified atom stereocenters. The zero-order valence-electron chi connectivity index (χ0n) is 8.79. The quantitative estimate of drug-likeness (QED) is 0.931. The second-order valence-electron chi connectivity index (χ2n) is 3.17. The molecule has 2 N–H and O–H groups in total. The van der Waals surface area contributed by atoms with E-state index in [1.165, 1.54) is 0 Å². The Morgan fingerprint density at radius 1 is 1.53 bits per heavy atom. The Morgan fingerprint density at radius 2 is 2.12 bits per heavy atom. The van der Waals surface area contributed by atoms with E-state index >= 15 is 0 Å². The van der Waals surface area contributed by atoms with Gasteiger partial charge in [0.25, 0.3) is 0 Å². The average Bonchev–Trinajstić information content (AvgIpc) is 2.19. The van der Waals surface area contributed by atoms with Crippen LogP contribution in [0.1, 0.15) is 12.5 Å². The second-order valence-corrected chi connectivity index (χ2v) is 3.58. The monoisotopic (exact) mass is 290 g/mol. The zero-order valence-corrected chi connectivity index (χ0v) is 10.4. The lowest BCUT2D eigenvalue weighted by molar-refractivity contribution is -0.137. The Balaban J connectivity index is 0.00000256. The van der Waals surface area contributed by atoms with Crippen LogP contribution in [0.15, 0.2) is 12.3 Å². The van der Waals surface area contributed by atoms with Crippen molar-refractivity contribution >= 4 is 24.0 Å². The van der Waals surface area contributed by atoms with Crippen molar-refractivity contribution in [1.82, 2.24) is 4.98 Å². The average molecular weight is 291 g/mol. The van der Waals surface area contributed by atoms with Crippen molar-refractivity contribution in [3.8, 4) is 5.88 Å². The predicted octanol–water partition coefficient (Wildman–Crippen LogP) is 2.90. The molecule has 1 atom stereocenters. The number of rotatable bonds is 3. The summed E-state index contributed by atoms with van der Waals surface area (Å²) in [6.45, 7) is 1.88. The van der Waals surface area contributed by atoms with Gasteiger partial charge in [-0.3, -0.25) is 0 Å². The fourth-order valence-corrected chi connectivity index (χ4v) is 1.12. The molecule has 17 heavy (non-hydrogen) atoms. The lowest BCUT2D eigenvalue weighted by Gasteiger charge is -2.13. The van der Waals surface area contributed by atoms with E-state index in [0.717, 1.165) is 6.07 Å². The highest BCUT2D eigenvalue weighted by atomic mass is 35.5. The molecule has 0 aliphatic rings. The van der Waals surface area contributed by atoms with E-state index < -0.39 is 11.7 Å². The van der Waals surface area contributed by atoms with Crippen molar-refractivity contribution in [2.75, 3.05) is 6.54 Å². The third-order valence-electron chi connectivity index (χ3n) is 1.78. The number of halogens is 5. The van der Waals surface area contributed by atoms with Gasteiger partial charge in [0.2, 0.25) is 5.88 Å². The normalized spacial score (nSPS) is 12.8. The SMILES string of the molecule is C[C@@H](CN)Oc1ncc(C(F)(F)F)cc1Cl.Cl. The topological polar surface area (TPSA) is 48.1 Å². The minimum absolute atomic E-state index is 0. The van der Waals surface area contributed by atoms with Gasteiger partial charge in [-0.05, 0) is 13.0 Å². The minimum Gasteiger partial charge on any atom is -0.472 e. The molecule has 0 radical (unpaired) electrons. The van der Waals surface area contributed by atoms with Gasteiger partial charge >= 0.3 is 6.18 Å². The first-order valence-electron chi connectivity index (χ1n) is 4.44. The molecule has 0 bridgehead atoms. The largest absolute Gasteiger partial charge is 0.472 e. The zero-order chi connectivity index (χ0) is 12.3. The molecule has 1 aromatic heterocycles. The van der Waals surface area contributed by atoms with Gasteiger partial charge in [-0.25, -0.2) is 4.98 Å². The number of hydrogen-bond donors (Lipinski definition) is 1. The maximum atomic E-state index is 12.3. The molecule has 8 heteroatoms. The summed E-state index contributed by atoms with van der Waals surface area (Å²) >= 11 is 5.61. The fourth-order valence-electron chi connectivity index (χ4n) is 0.906. The van der Waals surface area contributed by atoms with Crippen molar-refractivity contribution in [3.05, 3.63) is 22.8 Å². The van der Waals surface area contributed by atoms with E-state index in [1.54, 1.807) is 6.92 Å². The maximum Gasteiger partial charge on any atom is 0.417 e. The first-order valence-corrected chi connectivity index (χ1v) is 4.82. The molecule has 1 aromatic rings. The van der Waals surface area contributed by atoms with E-state index in [1.807, 2.05) is 0 Å². The van der Waals surface area contributed by atoms with Gasteiger partial charge in [-0.2, -0.15) is 13.2 Å².